The van der Waals surface area contributed by atoms with Crippen LogP contribution in [0.5, 0.6) is 0 Å². The lowest BCUT2D eigenvalue weighted by atomic mass is 9.82. The second kappa shape index (κ2) is 7.72. The van der Waals surface area contributed by atoms with Gasteiger partial charge < -0.3 is 4.90 Å². The van der Waals surface area contributed by atoms with Gasteiger partial charge in [-0.25, -0.2) is 4.98 Å². The van der Waals surface area contributed by atoms with Crippen LogP contribution in [0.2, 0.25) is 0 Å². The van der Waals surface area contributed by atoms with E-state index in [1.807, 2.05) is 16.3 Å². The summed E-state index contributed by atoms with van der Waals surface area (Å²) >= 11 is 1.47. The minimum absolute atomic E-state index is 0.00875. The molecule has 150 valence electrons. The second-order valence-corrected chi connectivity index (χ2v) is 8.76. The molecule has 1 atom stereocenters. The Balaban J connectivity index is 1.23. The summed E-state index contributed by atoms with van der Waals surface area (Å²) in [5.41, 5.74) is 3.33. The lowest BCUT2D eigenvalue weighted by molar-refractivity contribution is -0.135. The van der Waals surface area contributed by atoms with Crippen molar-refractivity contribution in [3.8, 4) is 0 Å². The molecule has 1 fully saturated rings. The Labute approximate surface area is 173 Å². The van der Waals surface area contributed by atoms with Gasteiger partial charge in [0, 0.05) is 50.4 Å². The van der Waals surface area contributed by atoms with Crippen LogP contribution in [-0.2, 0) is 17.8 Å². The van der Waals surface area contributed by atoms with Crippen molar-refractivity contribution in [1.82, 2.24) is 19.2 Å². The molecule has 6 nitrogen and oxygen atoms in total. The number of nitrogens with zero attached hydrogens (tertiary/aromatic N) is 4. The van der Waals surface area contributed by atoms with E-state index >= 15 is 0 Å². The highest BCUT2D eigenvalue weighted by Gasteiger charge is 2.31. The van der Waals surface area contributed by atoms with Crippen molar-refractivity contribution >= 4 is 22.2 Å². The SMILES string of the molecule is O=C(C1CCCc2ccccc21)N1CCN(Cc2cc(=O)n3ccsc3n2)CC1. The number of benzene rings is 1. The highest BCUT2D eigenvalue weighted by Crippen LogP contribution is 2.33. The van der Waals surface area contributed by atoms with Crippen molar-refractivity contribution in [2.45, 2.75) is 31.7 Å². The molecule has 2 aliphatic rings. The molecule has 3 heterocycles. The van der Waals surface area contributed by atoms with Gasteiger partial charge in [-0.3, -0.25) is 18.9 Å². The Kier molecular flexibility index (Phi) is 4.93. The van der Waals surface area contributed by atoms with Crippen LogP contribution in [0, 0.1) is 0 Å². The summed E-state index contributed by atoms with van der Waals surface area (Å²) in [6.45, 7) is 3.74. The van der Waals surface area contributed by atoms with E-state index in [0.29, 0.717) is 6.54 Å². The molecule has 0 radical (unpaired) electrons. The molecule has 0 N–H and O–H groups in total. The number of thiazole rings is 1. The maximum atomic E-state index is 13.2. The van der Waals surface area contributed by atoms with Gasteiger partial charge >= 0.3 is 0 Å². The summed E-state index contributed by atoms with van der Waals surface area (Å²) in [5, 5.41) is 1.88. The number of aromatic nitrogens is 2. The fraction of sp³-hybridized carbons (Fsp3) is 0.409. The van der Waals surface area contributed by atoms with Gasteiger partial charge in [0.05, 0.1) is 11.6 Å². The third-order valence-electron chi connectivity index (χ3n) is 6.09. The van der Waals surface area contributed by atoms with Gasteiger partial charge in [0.15, 0.2) is 4.96 Å². The molecule has 0 spiro atoms. The number of fused-ring (bicyclic) bond motifs is 2. The maximum absolute atomic E-state index is 13.2. The van der Waals surface area contributed by atoms with E-state index in [4.69, 9.17) is 0 Å². The number of piperazine rings is 1. The lowest BCUT2D eigenvalue weighted by Gasteiger charge is -2.37. The number of amides is 1. The first kappa shape index (κ1) is 18.5. The molecule has 1 aliphatic carbocycles. The Morgan fingerprint density at radius 1 is 1.17 bits per heavy atom. The van der Waals surface area contributed by atoms with E-state index in [0.717, 1.165) is 56.1 Å². The second-order valence-electron chi connectivity index (χ2n) is 7.89. The van der Waals surface area contributed by atoms with Crippen molar-refractivity contribution in [2.24, 2.45) is 0 Å². The van der Waals surface area contributed by atoms with Crippen LogP contribution in [-0.4, -0.2) is 51.3 Å². The normalized spacial score (nSPS) is 20.0. The number of rotatable bonds is 3. The molecule has 1 aliphatic heterocycles. The zero-order valence-corrected chi connectivity index (χ0v) is 17.1. The fourth-order valence-corrected chi connectivity index (χ4v) is 5.29. The highest BCUT2D eigenvalue weighted by atomic mass is 32.1. The molecular formula is C22H24N4O2S. The number of hydrogen-bond donors (Lipinski definition) is 0. The predicted octanol–water partition coefficient (Wildman–Crippen LogP) is 2.52. The smallest absolute Gasteiger partial charge is 0.258 e. The molecule has 1 saturated heterocycles. The van der Waals surface area contributed by atoms with E-state index in [-0.39, 0.29) is 17.4 Å². The molecule has 0 bridgehead atoms. The first-order chi connectivity index (χ1) is 14.2. The minimum Gasteiger partial charge on any atom is -0.340 e. The van der Waals surface area contributed by atoms with Crippen molar-refractivity contribution < 1.29 is 4.79 Å². The number of carbonyl (C=O) groups excluding carboxylic acids is 1. The largest absolute Gasteiger partial charge is 0.340 e. The van der Waals surface area contributed by atoms with E-state index in [1.54, 1.807) is 16.7 Å². The quantitative estimate of drug-likeness (QED) is 0.668. The van der Waals surface area contributed by atoms with E-state index in [2.05, 4.69) is 28.1 Å². The van der Waals surface area contributed by atoms with Crippen LogP contribution >= 0.6 is 11.3 Å². The Hall–Kier alpha value is -2.51. The number of hydrogen-bond acceptors (Lipinski definition) is 5. The molecular weight excluding hydrogens is 384 g/mol. The molecule has 0 saturated carbocycles. The monoisotopic (exact) mass is 408 g/mol. The number of aryl methyl sites for hydroxylation is 1. The molecule has 2 aromatic heterocycles. The Bertz CT molecular complexity index is 1100. The fourth-order valence-electron chi connectivity index (χ4n) is 4.56. The van der Waals surface area contributed by atoms with Crippen molar-refractivity contribution in [3.05, 3.63) is 69.1 Å². The predicted molar refractivity (Wildman–Crippen MR) is 113 cm³/mol. The molecule has 1 amide bonds. The third-order valence-corrected chi connectivity index (χ3v) is 6.85. The van der Waals surface area contributed by atoms with Crippen molar-refractivity contribution in [1.29, 1.82) is 0 Å². The van der Waals surface area contributed by atoms with Crippen molar-refractivity contribution in [2.75, 3.05) is 26.2 Å². The van der Waals surface area contributed by atoms with Gasteiger partial charge in [-0.1, -0.05) is 24.3 Å². The Morgan fingerprint density at radius 3 is 2.86 bits per heavy atom. The first-order valence-corrected chi connectivity index (χ1v) is 11.1. The summed E-state index contributed by atoms with van der Waals surface area (Å²) in [7, 11) is 0. The minimum atomic E-state index is -0.0315. The Morgan fingerprint density at radius 2 is 2.00 bits per heavy atom. The standard InChI is InChI=1S/C22H24N4O2S/c27-20-14-17(23-22-26(20)12-13-29-22)15-24-8-10-25(11-9-24)21(28)19-7-3-5-16-4-1-2-6-18(16)19/h1-2,4,6,12-14,19H,3,5,7-11,15H2. The summed E-state index contributed by atoms with van der Waals surface area (Å²) < 4.78 is 1.58. The summed E-state index contributed by atoms with van der Waals surface area (Å²) in [6, 6.07) is 10.0. The van der Waals surface area contributed by atoms with Crippen LogP contribution in [0.3, 0.4) is 0 Å². The maximum Gasteiger partial charge on any atom is 0.258 e. The molecule has 5 rings (SSSR count). The van der Waals surface area contributed by atoms with Crippen molar-refractivity contribution in [3.63, 3.8) is 0 Å². The lowest BCUT2D eigenvalue weighted by Crippen LogP contribution is -2.50. The van der Waals surface area contributed by atoms with Gasteiger partial charge in [0.25, 0.3) is 5.56 Å². The van der Waals surface area contributed by atoms with Gasteiger partial charge in [0.2, 0.25) is 5.91 Å². The molecule has 1 unspecified atom stereocenters. The topological polar surface area (TPSA) is 57.9 Å². The van der Waals surface area contributed by atoms with Gasteiger partial charge in [-0.05, 0) is 30.4 Å². The van der Waals surface area contributed by atoms with E-state index in [9.17, 15) is 9.59 Å². The highest BCUT2D eigenvalue weighted by molar-refractivity contribution is 7.15. The van der Waals surface area contributed by atoms with Crippen LogP contribution in [0.25, 0.3) is 4.96 Å². The van der Waals surface area contributed by atoms with E-state index < -0.39 is 0 Å². The molecule has 7 heteroatoms. The van der Waals surface area contributed by atoms with Gasteiger partial charge in [-0.15, -0.1) is 11.3 Å². The zero-order valence-electron chi connectivity index (χ0n) is 16.3. The van der Waals surface area contributed by atoms with Gasteiger partial charge in [0.1, 0.15) is 0 Å². The average Bonchev–Trinajstić information content (AvgIpc) is 3.23. The van der Waals surface area contributed by atoms with Gasteiger partial charge in [-0.2, -0.15) is 0 Å². The average molecular weight is 409 g/mol. The molecule has 29 heavy (non-hydrogen) atoms. The third kappa shape index (κ3) is 3.60. The molecule has 1 aromatic carbocycles. The van der Waals surface area contributed by atoms with Crippen LogP contribution in [0.1, 0.15) is 35.6 Å². The summed E-state index contributed by atoms with van der Waals surface area (Å²) in [4.78, 5) is 35.0. The number of carbonyl (C=O) groups is 1. The van der Waals surface area contributed by atoms with Crippen LogP contribution in [0.15, 0.2) is 46.7 Å². The summed E-state index contributed by atoms with van der Waals surface area (Å²) in [5.74, 6) is 0.280. The zero-order chi connectivity index (χ0) is 19.8. The first-order valence-electron chi connectivity index (χ1n) is 10.2. The van der Waals surface area contributed by atoms with Crippen LogP contribution < -0.4 is 5.56 Å². The van der Waals surface area contributed by atoms with E-state index in [1.165, 1.54) is 22.5 Å². The van der Waals surface area contributed by atoms with Crippen LogP contribution in [0.4, 0.5) is 0 Å². The summed E-state index contributed by atoms with van der Waals surface area (Å²) in [6.07, 6.45) is 4.87. The molecule has 3 aromatic rings.